The molecular formula is C9H15NO3. The molecule has 0 aromatic heterocycles. The van der Waals surface area contributed by atoms with Gasteiger partial charge in [0, 0.05) is 6.54 Å². The third-order valence-corrected chi connectivity index (χ3v) is 2.59. The summed E-state index contributed by atoms with van der Waals surface area (Å²) in [6, 6.07) is 0.277. The van der Waals surface area contributed by atoms with Crippen LogP contribution in [0, 0.1) is 0 Å². The fourth-order valence-corrected chi connectivity index (χ4v) is 1.89. The molecule has 0 aromatic rings. The van der Waals surface area contributed by atoms with Crippen LogP contribution in [-0.2, 0) is 9.47 Å². The first-order valence-electron chi connectivity index (χ1n) is 4.88. The molecule has 2 heterocycles. The van der Waals surface area contributed by atoms with Crippen LogP contribution >= 0.6 is 0 Å². The first kappa shape index (κ1) is 8.81. The molecule has 2 aliphatic heterocycles. The van der Waals surface area contributed by atoms with Crippen LogP contribution in [0.2, 0.25) is 0 Å². The van der Waals surface area contributed by atoms with Crippen molar-refractivity contribution in [2.24, 2.45) is 0 Å². The number of likely N-dealkylation sites (tertiary alicyclic amines) is 1. The summed E-state index contributed by atoms with van der Waals surface area (Å²) in [6.07, 6.45) is 2.24. The van der Waals surface area contributed by atoms with Crippen LogP contribution in [0.25, 0.3) is 0 Å². The van der Waals surface area contributed by atoms with Gasteiger partial charge in [0.25, 0.3) is 0 Å². The lowest BCUT2D eigenvalue weighted by Gasteiger charge is -2.21. The lowest BCUT2D eigenvalue weighted by molar-refractivity contribution is 0.0971. The van der Waals surface area contributed by atoms with Crippen LogP contribution in [0.5, 0.6) is 0 Å². The van der Waals surface area contributed by atoms with Crippen LogP contribution in [0.4, 0.5) is 4.79 Å². The van der Waals surface area contributed by atoms with Gasteiger partial charge in [-0.05, 0) is 19.8 Å². The molecule has 0 unspecified atom stereocenters. The molecule has 0 aliphatic carbocycles. The van der Waals surface area contributed by atoms with Crippen molar-refractivity contribution in [3.63, 3.8) is 0 Å². The van der Waals surface area contributed by atoms with E-state index in [0.717, 1.165) is 26.0 Å². The minimum Gasteiger partial charge on any atom is -0.450 e. The summed E-state index contributed by atoms with van der Waals surface area (Å²) in [7, 11) is 0. The molecule has 0 spiro atoms. The van der Waals surface area contributed by atoms with Crippen LogP contribution < -0.4 is 0 Å². The Hall–Kier alpha value is -0.770. The summed E-state index contributed by atoms with van der Waals surface area (Å²) < 4.78 is 10.2. The number of epoxide rings is 1. The summed E-state index contributed by atoms with van der Waals surface area (Å²) in [6.45, 7) is 3.91. The second-order valence-electron chi connectivity index (χ2n) is 3.47. The van der Waals surface area contributed by atoms with Crippen molar-refractivity contribution in [2.45, 2.75) is 31.9 Å². The van der Waals surface area contributed by atoms with Gasteiger partial charge in [-0.3, -0.25) is 0 Å². The number of rotatable bonds is 2. The van der Waals surface area contributed by atoms with Gasteiger partial charge in [-0.15, -0.1) is 0 Å². The second kappa shape index (κ2) is 3.54. The molecule has 74 valence electrons. The molecule has 2 rings (SSSR count). The Labute approximate surface area is 77.8 Å². The molecule has 2 fully saturated rings. The maximum Gasteiger partial charge on any atom is 0.410 e. The first-order valence-corrected chi connectivity index (χ1v) is 4.88. The number of amides is 1. The summed E-state index contributed by atoms with van der Waals surface area (Å²) in [5, 5.41) is 0. The molecular weight excluding hydrogens is 170 g/mol. The number of hydrogen-bond donors (Lipinski definition) is 0. The van der Waals surface area contributed by atoms with Crippen molar-refractivity contribution in [3.8, 4) is 0 Å². The number of ether oxygens (including phenoxy) is 2. The highest BCUT2D eigenvalue weighted by Crippen LogP contribution is 2.28. The zero-order chi connectivity index (χ0) is 9.26. The fourth-order valence-electron chi connectivity index (χ4n) is 1.89. The molecule has 2 saturated heterocycles. The van der Waals surface area contributed by atoms with Crippen LogP contribution in [0.1, 0.15) is 19.8 Å². The third kappa shape index (κ3) is 1.77. The third-order valence-electron chi connectivity index (χ3n) is 2.59. The van der Waals surface area contributed by atoms with Crippen LogP contribution in [0.3, 0.4) is 0 Å². The van der Waals surface area contributed by atoms with Crippen molar-refractivity contribution >= 4 is 6.09 Å². The fraction of sp³-hybridized carbons (Fsp3) is 0.889. The Balaban J connectivity index is 1.92. The second-order valence-corrected chi connectivity index (χ2v) is 3.47. The summed E-state index contributed by atoms with van der Waals surface area (Å²) >= 11 is 0. The van der Waals surface area contributed by atoms with Crippen molar-refractivity contribution < 1.29 is 14.3 Å². The average molecular weight is 185 g/mol. The van der Waals surface area contributed by atoms with E-state index < -0.39 is 0 Å². The monoisotopic (exact) mass is 185 g/mol. The van der Waals surface area contributed by atoms with E-state index in [0.29, 0.717) is 6.61 Å². The lowest BCUT2D eigenvalue weighted by atomic mass is 10.2. The van der Waals surface area contributed by atoms with Gasteiger partial charge in [0.05, 0.1) is 19.3 Å². The molecule has 0 N–H and O–H groups in total. The normalized spacial score (nSPS) is 31.9. The molecule has 0 aromatic carbocycles. The molecule has 0 saturated carbocycles. The zero-order valence-electron chi connectivity index (χ0n) is 7.86. The highest BCUT2D eigenvalue weighted by Gasteiger charge is 2.41. The average Bonchev–Trinajstić information content (AvgIpc) is 2.84. The van der Waals surface area contributed by atoms with E-state index in [4.69, 9.17) is 9.47 Å². The van der Waals surface area contributed by atoms with Gasteiger partial charge < -0.3 is 14.4 Å². The molecule has 2 aliphatic rings. The number of carbonyl (C=O) groups is 1. The number of carbonyl (C=O) groups excluding carboxylic acids is 1. The van der Waals surface area contributed by atoms with Crippen LogP contribution in [-0.4, -0.2) is 42.9 Å². The first-order chi connectivity index (χ1) is 6.33. The van der Waals surface area contributed by atoms with Crippen molar-refractivity contribution in [1.82, 2.24) is 4.90 Å². The van der Waals surface area contributed by atoms with E-state index in [9.17, 15) is 4.79 Å². The van der Waals surface area contributed by atoms with E-state index >= 15 is 0 Å². The Morgan fingerprint density at radius 3 is 3.08 bits per heavy atom. The van der Waals surface area contributed by atoms with E-state index in [1.165, 1.54) is 0 Å². The van der Waals surface area contributed by atoms with Gasteiger partial charge >= 0.3 is 6.09 Å². The van der Waals surface area contributed by atoms with Gasteiger partial charge in [-0.2, -0.15) is 0 Å². The summed E-state index contributed by atoms with van der Waals surface area (Å²) in [4.78, 5) is 13.2. The number of hydrogen-bond acceptors (Lipinski definition) is 3. The summed E-state index contributed by atoms with van der Waals surface area (Å²) in [5.74, 6) is 0. The molecule has 2 atom stereocenters. The van der Waals surface area contributed by atoms with E-state index in [1.54, 1.807) is 4.90 Å². The minimum absolute atomic E-state index is 0.180. The molecule has 4 heteroatoms. The van der Waals surface area contributed by atoms with Crippen molar-refractivity contribution in [3.05, 3.63) is 0 Å². The smallest absolute Gasteiger partial charge is 0.410 e. The minimum atomic E-state index is -0.180. The van der Waals surface area contributed by atoms with Gasteiger partial charge in [0.2, 0.25) is 0 Å². The largest absolute Gasteiger partial charge is 0.450 e. The zero-order valence-corrected chi connectivity index (χ0v) is 7.86. The SMILES string of the molecule is CCOC(=O)N1CCC[C@H]1[C@@H]1CO1. The van der Waals surface area contributed by atoms with Gasteiger partial charge in [-0.1, -0.05) is 0 Å². The maximum absolute atomic E-state index is 11.4. The summed E-state index contributed by atoms with van der Waals surface area (Å²) in [5.41, 5.74) is 0. The predicted molar refractivity (Wildman–Crippen MR) is 46.5 cm³/mol. The predicted octanol–water partition coefficient (Wildman–Crippen LogP) is 1.01. The van der Waals surface area contributed by atoms with Crippen LogP contribution in [0.15, 0.2) is 0 Å². The molecule has 1 amide bonds. The van der Waals surface area contributed by atoms with Crippen molar-refractivity contribution in [1.29, 1.82) is 0 Å². The topological polar surface area (TPSA) is 42.1 Å². The van der Waals surface area contributed by atoms with E-state index in [-0.39, 0.29) is 18.2 Å². The Morgan fingerprint density at radius 2 is 2.46 bits per heavy atom. The maximum atomic E-state index is 11.4. The lowest BCUT2D eigenvalue weighted by Crippen LogP contribution is -2.39. The van der Waals surface area contributed by atoms with E-state index in [1.807, 2.05) is 6.92 Å². The number of nitrogens with zero attached hydrogens (tertiary/aromatic N) is 1. The highest BCUT2D eigenvalue weighted by molar-refractivity contribution is 5.68. The Morgan fingerprint density at radius 1 is 1.69 bits per heavy atom. The van der Waals surface area contributed by atoms with Gasteiger partial charge in [0.1, 0.15) is 6.10 Å². The highest BCUT2D eigenvalue weighted by atomic mass is 16.6. The molecule has 0 radical (unpaired) electrons. The van der Waals surface area contributed by atoms with E-state index in [2.05, 4.69) is 0 Å². The molecule has 0 bridgehead atoms. The molecule has 4 nitrogen and oxygen atoms in total. The van der Waals surface area contributed by atoms with Crippen molar-refractivity contribution in [2.75, 3.05) is 19.8 Å². The Kier molecular flexibility index (Phi) is 2.40. The molecule has 13 heavy (non-hydrogen) atoms. The van der Waals surface area contributed by atoms with Gasteiger partial charge in [-0.25, -0.2) is 4.79 Å². The van der Waals surface area contributed by atoms with Gasteiger partial charge in [0.15, 0.2) is 0 Å². The Bertz CT molecular complexity index is 203. The standard InChI is InChI=1S/C9H15NO3/c1-2-12-9(11)10-5-3-4-7(10)8-6-13-8/h7-8H,2-6H2,1H3/t7-,8-/m0/s1. The quantitative estimate of drug-likeness (QED) is 0.603.